The molecule has 0 saturated carbocycles. The van der Waals surface area contributed by atoms with Gasteiger partial charge in [0.25, 0.3) is 0 Å². The summed E-state index contributed by atoms with van der Waals surface area (Å²) in [6.45, 7) is 2.84. The van der Waals surface area contributed by atoms with Gasteiger partial charge in [0.1, 0.15) is 179 Å². The number of hydrogen-bond donors (Lipinski definition) is 0. The fourth-order valence-corrected chi connectivity index (χ4v) is 14.4. The van der Waals surface area contributed by atoms with E-state index in [1.807, 2.05) is 364 Å². The predicted molar refractivity (Wildman–Crippen MR) is 502 cm³/mol. The van der Waals surface area contributed by atoms with E-state index >= 15 is 0 Å². The fourth-order valence-electron chi connectivity index (χ4n) is 14.4. The van der Waals surface area contributed by atoms with Crippen LogP contribution in [0.1, 0.15) is 104 Å². The molecule has 19 nitrogen and oxygen atoms in total. The predicted octanol–water partition coefficient (Wildman–Crippen LogP) is 16.1. The van der Waals surface area contributed by atoms with Crippen molar-refractivity contribution in [3.8, 4) is 86.2 Å². The van der Waals surface area contributed by atoms with E-state index in [1.54, 1.807) is 6.07 Å². The first-order chi connectivity index (χ1) is 65.4. The zero-order valence-corrected chi connectivity index (χ0v) is 79.0. The first kappa shape index (κ1) is 96.5. The normalized spacial score (nSPS) is 10.7. The first-order valence-corrected chi connectivity index (χ1v) is 43.7. The van der Waals surface area contributed by atoms with Crippen molar-refractivity contribution in [3.63, 3.8) is 0 Å². The van der Waals surface area contributed by atoms with E-state index in [1.165, 1.54) is 12.1 Å². The van der Waals surface area contributed by atoms with E-state index in [9.17, 15) is 19.8 Å². The summed E-state index contributed by atoms with van der Waals surface area (Å²) in [5.74, 6) is 4.13. The van der Waals surface area contributed by atoms with E-state index in [4.69, 9.17) is 71.1 Å². The molecule has 0 spiro atoms. The second-order valence-corrected chi connectivity index (χ2v) is 31.5. The molecule has 16 aromatic rings. The van der Waals surface area contributed by atoms with E-state index < -0.39 is 23.1 Å². The summed E-state index contributed by atoms with van der Waals surface area (Å²) in [5, 5.41) is 24.3. The molecule has 0 atom stereocenters. The van der Waals surface area contributed by atoms with Gasteiger partial charge >= 0.3 is 59.1 Å². The van der Waals surface area contributed by atoms with Crippen LogP contribution >= 0.6 is 0 Å². The molecule has 0 amide bonds. The Bertz CT molecular complexity index is 5510. The van der Waals surface area contributed by atoms with Crippen molar-refractivity contribution in [1.29, 1.82) is 0 Å². The smallest absolute Gasteiger partial charge is 0.545 e. The molecule has 16 rings (SSSR count). The Morgan fingerprint density at radius 3 is 0.437 bits per heavy atom. The molecule has 0 radical (unpaired) electrons. The van der Waals surface area contributed by atoms with E-state index in [2.05, 4.69) is 0 Å². The fraction of sp³-hybridized carbons (Fsp3) is 0.140. The van der Waals surface area contributed by atoms with Gasteiger partial charge in [0, 0.05) is 60.0 Å². The molecule has 0 aliphatic carbocycles. The molecule has 21 heteroatoms. The first-order valence-electron chi connectivity index (χ1n) is 43.7. The van der Waals surface area contributed by atoms with Crippen molar-refractivity contribution in [1.82, 2.24) is 0 Å². The zero-order valence-electron chi connectivity index (χ0n) is 75.0. The van der Waals surface area contributed by atoms with Crippen LogP contribution in [0.5, 0.6) is 86.2 Å². The van der Waals surface area contributed by atoms with Gasteiger partial charge in [-0.1, -0.05) is 243 Å². The summed E-state index contributed by atoms with van der Waals surface area (Å²) in [7, 11) is 0. The van der Waals surface area contributed by atoms with Crippen LogP contribution in [0.4, 0.5) is 0 Å². The number of benzene rings is 16. The third-order valence-electron chi connectivity index (χ3n) is 21.0. The Kier molecular flexibility index (Phi) is 36.0. The summed E-state index contributed by atoms with van der Waals surface area (Å²) in [6, 6.07) is 123. The van der Waals surface area contributed by atoms with Crippen LogP contribution < -0.4 is 140 Å². The van der Waals surface area contributed by atoms with Gasteiger partial charge in [-0.3, -0.25) is 0 Å². The monoisotopic (exact) mass is 1810 g/mol. The van der Waals surface area contributed by atoms with Crippen LogP contribution in [0.25, 0.3) is 0 Å². The second kappa shape index (κ2) is 50.4. The van der Waals surface area contributed by atoms with Gasteiger partial charge in [0.15, 0.2) is 0 Å². The molecule has 16 aromatic carbocycles. The molecular formula is C114H96Na2O19. The molecule has 0 aromatic heterocycles. The van der Waals surface area contributed by atoms with E-state index in [0.717, 1.165) is 72.8 Å². The van der Waals surface area contributed by atoms with Crippen molar-refractivity contribution in [3.05, 3.63) is 483 Å². The van der Waals surface area contributed by atoms with Crippen molar-refractivity contribution in [2.45, 2.75) is 98.9 Å². The van der Waals surface area contributed by atoms with Gasteiger partial charge in [0.05, 0.1) is 18.5 Å². The van der Waals surface area contributed by atoms with Crippen LogP contribution in [0, 0.1) is 0 Å². The average molecular weight is 1820 g/mol. The Labute approximate surface area is 829 Å². The van der Waals surface area contributed by atoms with Crippen molar-refractivity contribution in [2.24, 2.45) is 0 Å². The van der Waals surface area contributed by atoms with Gasteiger partial charge in [-0.05, 0) is 187 Å². The Hall–Kier alpha value is -14.5. The maximum atomic E-state index is 12.2. The van der Waals surface area contributed by atoms with E-state index in [-0.39, 0.29) is 118 Å². The molecule has 0 unspecified atom stereocenters. The molecule has 0 saturated heterocycles. The topological polar surface area (TPSA) is 219 Å². The quantitative estimate of drug-likeness (QED) is 0.0324. The average Bonchev–Trinajstić information content (AvgIpc) is 0.834. The minimum absolute atomic E-state index is 0. The second-order valence-electron chi connectivity index (χ2n) is 31.5. The number of aromatic carboxylic acids is 2. The Morgan fingerprint density at radius 1 is 0.156 bits per heavy atom. The molecule has 0 fully saturated rings. The number of rotatable bonds is 48. The standard InChI is InChI=1S/C114H98O19.2Na/c115-113(116)96-57-97(114(117)118)59-112(58-96)119-42-41-89-43-98(128-75-94-53-108(130-77-90-45-100(120-67-81-25-9-1-10-26-81)61-101(46-90)121-68-82-27-11-2-12-28-82)65-109(54-94)131-78-91-47-102(122-69-83-29-13-3-14-30-83)62-103(48-91)123-70-84-31-15-4-16-32-84)60-99(44-89)129-76-95-55-110(132-79-92-49-104(124-71-85-33-17-5-18-34-85)63-105(50-92)125-72-86-35-19-6-20-36-86)66-111(56-95)133-80-93-51-106(126-73-87-37-21-7-22-38-87)64-107(52-93)127-74-88-39-23-8-24-40-88;;/h1-40,43-66H,41-42,67-80H2,(H,115,116)(H,117,118);;/q;2*+1/p-2. The largest absolute Gasteiger partial charge is 1.00 e. The molecule has 135 heavy (non-hydrogen) atoms. The molecule has 0 heterocycles. The maximum absolute atomic E-state index is 12.2. The number of carbonyl (C=O) groups excluding carboxylic acids is 2. The van der Waals surface area contributed by atoms with Crippen molar-refractivity contribution in [2.75, 3.05) is 6.61 Å². The van der Waals surface area contributed by atoms with Crippen molar-refractivity contribution >= 4 is 11.9 Å². The Morgan fingerprint density at radius 2 is 0.289 bits per heavy atom. The number of hydrogen-bond acceptors (Lipinski definition) is 19. The summed E-state index contributed by atoms with van der Waals surface area (Å²) in [6.07, 6.45) is 0.191. The van der Waals surface area contributed by atoms with Crippen molar-refractivity contribution < 1.29 is 150 Å². The van der Waals surface area contributed by atoms with Crippen LogP contribution in [0.3, 0.4) is 0 Å². The number of carbonyl (C=O) groups is 2. The molecule has 668 valence electrons. The zero-order chi connectivity index (χ0) is 90.8. The van der Waals surface area contributed by atoms with Crippen LogP contribution in [-0.4, -0.2) is 18.5 Å². The molecule has 0 aliphatic heterocycles. The van der Waals surface area contributed by atoms with Gasteiger partial charge in [0.2, 0.25) is 0 Å². The van der Waals surface area contributed by atoms with Gasteiger partial charge in [-0.25, -0.2) is 0 Å². The number of carboxylic acids is 2. The summed E-state index contributed by atoms with van der Waals surface area (Å²) < 4.78 is 98.6. The third kappa shape index (κ3) is 31.3. The molecular weight excluding hydrogens is 1720 g/mol. The Balaban J connectivity index is 0.00000730. The van der Waals surface area contributed by atoms with Crippen LogP contribution in [-0.2, 0) is 98.9 Å². The summed E-state index contributed by atoms with van der Waals surface area (Å²) in [4.78, 5) is 24.3. The molecule has 0 N–H and O–H groups in total. The minimum Gasteiger partial charge on any atom is -0.545 e. The number of ether oxygens (including phenoxy) is 15. The summed E-state index contributed by atoms with van der Waals surface area (Å²) >= 11 is 0. The van der Waals surface area contributed by atoms with Crippen LogP contribution in [0.2, 0.25) is 0 Å². The van der Waals surface area contributed by atoms with Gasteiger partial charge in [-0.15, -0.1) is 0 Å². The molecule has 0 bridgehead atoms. The third-order valence-corrected chi connectivity index (χ3v) is 21.0. The SMILES string of the molecule is O=C([O-])c1cc(OCCc2cc(OCc3cc(OCc4cc(OCc5ccccc5)cc(OCc5ccccc5)c4)cc(OCc4cc(OCc5ccccc5)cc(OCc5ccccc5)c4)c3)cc(OCc3cc(OCc4cc(OCc5ccccc5)cc(OCc5ccccc5)c4)cc(OCc4cc(OCc5ccccc5)cc(OCc5ccccc5)c4)c3)c2)cc(C(=O)[O-])c1.[Na+].[Na+]. The number of carboxylic acid groups (broad SMARTS) is 2. The van der Waals surface area contributed by atoms with Gasteiger partial charge in [-0.2, -0.15) is 0 Å². The summed E-state index contributed by atoms with van der Waals surface area (Å²) in [5.41, 5.74) is 12.3. The molecule has 0 aliphatic rings. The van der Waals surface area contributed by atoms with Crippen LogP contribution in [0.15, 0.2) is 388 Å². The van der Waals surface area contributed by atoms with E-state index in [0.29, 0.717) is 150 Å². The maximum Gasteiger partial charge on any atom is 1.00 e. The minimum atomic E-state index is -1.59. The van der Waals surface area contributed by atoms with Gasteiger partial charge < -0.3 is 90.9 Å².